The Morgan fingerprint density at radius 2 is 1.95 bits per heavy atom. The largest absolute Gasteiger partial charge is 0.330 e. The first-order valence-corrected chi connectivity index (χ1v) is 8.80. The van der Waals surface area contributed by atoms with Crippen molar-refractivity contribution in [1.29, 1.82) is 0 Å². The van der Waals surface area contributed by atoms with Crippen molar-refractivity contribution in [3.8, 4) is 0 Å². The van der Waals surface area contributed by atoms with E-state index in [4.69, 9.17) is 0 Å². The summed E-state index contributed by atoms with van der Waals surface area (Å²) in [6.07, 6.45) is 13.8. The summed E-state index contributed by atoms with van der Waals surface area (Å²) in [5, 5.41) is 3.44. The molecule has 116 valence electrons. The second-order valence-corrected chi connectivity index (χ2v) is 7.18. The summed E-state index contributed by atoms with van der Waals surface area (Å²) in [6.45, 7) is 2.41. The highest BCUT2D eigenvalue weighted by Gasteiger charge is 2.41. The zero-order chi connectivity index (χ0) is 14.2. The van der Waals surface area contributed by atoms with Crippen LogP contribution in [-0.4, -0.2) is 40.6 Å². The van der Waals surface area contributed by atoms with E-state index in [1.54, 1.807) is 0 Å². The number of imidazole rings is 1. The predicted molar refractivity (Wildman–Crippen MR) is 84.2 cm³/mol. The van der Waals surface area contributed by atoms with Crippen LogP contribution in [0.5, 0.6) is 0 Å². The second-order valence-electron chi connectivity index (χ2n) is 7.18. The summed E-state index contributed by atoms with van der Waals surface area (Å²) in [5.74, 6) is 0.729. The van der Waals surface area contributed by atoms with E-state index in [0.717, 1.165) is 24.5 Å². The van der Waals surface area contributed by atoms with Crippen LogP contribution in [0.2, 0.25) is 0 Å². The van der Waals surface area contributed by atoms with Gasteiger partial charge in [-0.25, -0.2) is 4.98 Å². The summed E-state index contributed by atoms with van der Waals surface area (Å²) in [5.41, 5.74) is 1.49. The molecule has 4 rings (SSSR count). The molecule has 3 aliphatic rings. The van der Waals surface area contributed by atoms with Crippen LogP contribution < -0.4 is 5.32 Å². The lowest BCUT2D eigenvalue weighted by molar-refractivity contribution is 0.138. The van der Waals surface area contributed by atoms with Crippen molar-refractivity contribution in [3.05, 3.63) is 18.2 Å². The minimum atomic E-state index is 0.579. The molecule has 0 bridgehead atoms. The summed E-state index contributed by atoms with van der Waals surface area (Å²) >= 11 is 0. The molecule has 0 aromatic carbocycles. The molecule has 3 fully saturated rings. The van der Waals surface area contributed by atoms with Crippen LogP contribution in [0.1, 0.15) is 62.7 Å². The first-order chi connectivity index (χ1) is 10.4. The van der Waals surface area contributed by atoms with Crippen molar-refractivity contribution in [3.63, 3.8) is 0 Å². The SMILES string of the molecule is CNCC1CCCCN(C2CC2)C1c1cncn1C1CC1. The molecular formula is C17H28N4. The van der Waals surface area contributed by atoms with Crippen molar-refractivity contribution in [2.75, 3.05) is 20.1 Å². The first kappa shape index (κ1) is 13.8. The monoisotopic (exact) mass is 288 g/mol. The van der Waals surface area contributed by atoms with E-state index >= 15 is 0 Å². The van der Waals surface area contributed by atoms with Crippen molar-refractivity contribution >= 4 is 0 Å². The van der Waals surface area contributed by atoms with Gasteiger partial charge in [0.15, 0.2) is 0 Å². The van der Waals surface area contributed by atoms with E-state index in [-0.39, 0.29) is 0 Å². The van der Waals surface area contributed by atoms with Crippen molar-refractivity contribution < 1.29 is 0 Å². The van der Waals surface area contributed by atoms with E-state index in [9.17, 15) is 0 Å². The normalized spacial score (nSPS) is 31.3. The molecule has 2 atom stereocenters. The quantitative estimate of drug-likeness (QED) is 0.904. The average molecular weight is 288 g/mol. The van der Waals surface area contributed by atoms with Crippen LogP contribution in [0.3, 0.4) is 0 Å². The predicted octanol–water partition coefficient (Wildman–Crippen LogP) is 2.74. The number of hydrogen-bond donors (Lipinski definition) is 1. The van der Waals surface area contributed by atoms with Gasteiger partial charge in [0.05, 0.1) is 18.1 Å². The zero-order valence-electron chi connectivity index (χ0n) is 13.2. The fraction of sp³-hybridized carbons (Fsp3) is 0.824. The van der Waals surface area contributed by atoms with Crippen LogP contribution >= 0.6 is 0 Å². The third-order valence-corrected chi connectivity index (χ3v) is 5.47. The van der Waals surface area contributed by atoms with Crippen LogP contribution in [0.4, 0.5) is 0 Å². The Balaban J connectivity index is 1.68. The molecule has 0 spiro atoms. The average Bonchev–Trinajstić information content (AvgIpc) is 3.38. The molecule has 2 saturated carbocycles. The minimum absolute atomic E-state index is 0.579. The van der Waals surface area contributed by atoms with Gasteiger partial charge >= 0.3 is 0 Å². The van der Waals surface area contributed by atoms with Crippen LogP contribution in [0, 0.1) is 5.92 Å². The fourth-order valence-electron chi connectivity index (χ4n) is 4.17. The molecule has 2 aliphatic carbocycles. The summed E-state index contributed by atoms with van der Waals surface area (Å²) in [7, 11) is 2.10. The van der Waals surface area contributed by atoms with E-state index < -0.39 is 0 Å². The van der Waals surface area contributed by atoms with E-state index in [2.05, 4.69) is 39.3 Å². The van der Waals surface area contributed by atoms with Gasteiger partial charge in [-0.3, -0.25) is 4.90 Å². The topological polar surface area (TPSA) is 33.1 Å². The van der Waals surface area contributed by atoms with Crippen molar-refractivity contribution in [2.24, 2.45) is 5.92 Å². The molecule has 4 nitrogen and oxygen atoms in total. The van der Waals surface area contributed by atoms with Gasteiger partial charge in [-0.1, -0.05) is 6.42 Å². The maximum Gasteiger partial charge on any atom is 0.0951 e. The molecule has 0 amide bonds. The molecule has 1 N–H and O–H groups in total. The standard InChI is InChI=1S/C17H28N4/c1-18-10-13-4-2-3-9-20(14-5-6-14)17(13)16-11-19-12-21(16)15-7-8-15/h11-15,17-18H,2-10H2,1H3. The smallest absolute Gasteiger partial charge is 0.0951 e. The second kappa shape index (κ2) is 5.73. The number of hydrogen-bond acceptors (Lipinski definition) is 3. The molecule has 4 heteroatoms. The van der Waals surface area contributed by atoms with Crippen LogP contribution in [-0.2, 0) is 0 Å². The number of rotatable bonds is 5. The van der Waals surface area contributed by atoms with Gasteiger partial charge in [-0.15, -0.1) is 0 Å². The van der Waals surface area contributed by atoms with Gasteiger partial charge in [0.25, 0.3) is 0 Å². The molecule has 21 heavy (non-hydrogen) atoms. The first-order valence-electron chi connectivity index (χ1n) is 8.80. The zero-order valence-corrected chi connectivity index (χ0v) is 13.2. The van der Waals surface area contributed by atoms with Gasteiger partial charge in [0.1, 0.15) is 0 Å². The van der Waals surface area contributed by atoms with Gasteiger partial charge in [0.2, 0.25) is 0 Å². The fourth-order valence-corrected chi connectivity index (χ4v) is 4.17. The lowest BCUT2D eigenvalue weighted by atomic mass is 9.92. The maximum absolute atomic E-state index is 4.51. The molecular weight excluding hydrogens is 260 g/mol. The molecule has 1 aliphatic heterocycles. The van der Waals surface area contributed by atoms with Gasteiger partial charge in [-0.05, 0) is 64.6 Å². The van der Waals surface area contributed by atoms with Gasteiger partial charge in [0, 0.05) is 18.3 Å². The number of aromatic nitrogens is 2. The lowest BCUT2D eigenvalue weighted by Crippen LogP contribution is -2.38. The number of nitrogens with one attached hydrogen (secondary N) is 1. The van der Waals surface area contributed by atoms with E-state index in [1.165, 1.54) is 57.2 Å². The molecule has 1 aromatic heterocycles. The summed E-state index contributed by atoms with van der Waals surface area (Å²) < 4.78 is 2.49. The Bertz CT molecular complexity index is 475. The Morgan fingerprint density at radius 1 is 1.14 bits per heavy atom. The Labute approximate surface area is 127 Å². The summed E-state index contributed by atoms with van der Waals surface area (Å²) in [4.78, 5) is 7.34. The Hall–Kier alpha value is -0.870. The van der Waals surface area contributed by atoms with E-state index in [1.807, 2.05) is 0 Å². The Kier molecular flexibility index (Phi) is 3.76. The van der Waals surface area contributed by atoms with E-state index in [0.29, 0.717) is 6.04 Å². The molecule has 2 unspecified atom stereocenters. The highest BCUT2D eigenvalue weighted by atomic mass is 15.3. The Morgan fingerprint density at radius 3 is 2.67 bits per heavy atom. The lowest BCUT2D eigenvalue weighted by Gasteiger charge is -2.36. The molecule has 2 heterocycles. The highest BCUT2D eigenvalue weighted by molar-refractivity contribution is 5.13. The third-order valence-electron chi connectivity index (χ3n) is 5.47. The third kappa shape index (κ3) is 2.76. The van der Waals surface area contributed by atoms with Crippen LogP contribution in [0.15, 0.2) is 12.5 Å². The van der Waals surface area contributed by atoms with Crippen molar-refractivity contribution in [2.45, 2.75) is 63.1 Å². The number of nitrogens with zero attached hydrogens (tertiary/aromatic N) is 3. The van der Waals surface area contributed by atoms with Gasteiger partial charge < -0.3 is 9.88 Å². The number of likely N-dealkylation sites (tertiary alicyclic amines) is 1. The van der Waals surface area contributed by atoms with Gasteiger partial charge in [-0.2, -0.15) is 0 Å². The van der Waals surface area contributed by atoms with Crippen LogP contribution in [0.25, 0.3) is 0 Å². The summed E-state index contributed by atoms with van der Waals surface area (Å²) in [6, 6.07) is 2.16. The molecule has 1 aromatic rings. The highest BCUT2D eigenvalue weighted by Crippen LogP contribution is 2.44. The minimum Gasteiger partial charge on any atom is -0.330 e. The molecule has 1 saturated heterocycles. The molecule has 0 radical (unpaired) electrons. The van der Waals surface area contributed by atoms with Crippen molar-refractivity contribution in [1.82, 2.24) is 19.8 Å². The maximum atomic E-state index is 4.51.